The summed E-state index contributed by atoms with van der Waals surface area (Å²) in [5, 5.41) is 4.46. The van der Waals surface area contributed by atoms with Crippen molar-refractivity contribution in [2.45, 2.75) is 11.8 Å². The van der Waals surface area contributed by atoms with Crippen molar-refractivity contribution in [2.75, 3.05) is 13.1 Å². The molecule has 4 heteroatoms. The van der Waals surface area contributed by atoms with Gasteiger partial charge in [0.1, 0.15) is 0 Å². The molecule has 0 bridgehead atoms. The molecule has 1 saturated heterocycles. The van der Waals surface area contributed by atoms with E-state index in [9.17, 15) is 4.79 Å². The number of nitrogens with zero attached hydrogens (tertiary/aromatic N) is 1. The van der Waals surface area contributed by atoms with E-state index in [1.807, 2.05) is 60.7 Å². The molecule has 1 aliphatic heterocycles. The minimum Gasteiger partial charge on any atom is -0.662 e. The summed E-state index contributed by atoms with van der Waals surface area (Å²) in [6.45, 7) is 1.49. The largest absolute Gasteiger partial charge is 0.662 e. The number of carbonyl (C=O) groups is 1. The van der Waals surface area contributed by atoms with E-state index in [1.54, 1.807) is 0 Å². The zero-order chi connectivity index (χ0) is 14.7. The first-order valence-electron chi connectivity index (χ1n) is 7.30. The molecule has 0 aliphatic carbocycles. The van der Waals surface area contributed by atoms with E-state index in [2.05, 4.69) is 5.32 Å². The van der Waals surface area contributed by atoms with Gasteiger partial charge in [-0.05, 0) is 17.0 Å². The summed E-state index contributed by atoms with van der Waals surface area (Å²) in [6, 6.07) is 19.7. The van der Waals surface area contributed by atoms with Crippen molar-refractivity contribution in [1.29, 1.82) is 0 Å². The number of carbonyl (C=O) groups excluding carboxylic acids is 1. The second kappa shape index (κ2) is 7.50. The second-order valence-corrected chi connectivity index (χ2v) is 5.52. The Balaban J connectivity index is 0.00000176. The third kappa shape index (κ3) is 2.90. The molecule has 111 valence electrons. The van der Waals surface area contributed by atoms with Crippen LogP contribution in [0.2, 0.25) is 0 Å². The SMILES string of the molecule is NC(=O)C(c1ccccc1)(c1ccccc1)[C@@H]1CC[N-]C1.[Y]. The minimum atomic E-state index is -0.789. The van der Waals surface area contributed by atoms with Gasteiger partial charge in [-0.15, -0.1) is 13.1 Å². The van der Waals surface area contributed by atoms with Crippen molar-refractivity contribution in [2.24, 2.45) is 11.7 Å². The van der Waals surface area contributed by atoms with Crippen molar-refractivity contribution in [3.05, 3.63) is 77.1 Å². The van der Waals surface area contributed by atoms with Crippen LogP contribution < -0.4 is 5.73 Å². The molecule has 0 unspecified atom stereocenters. The summed E-state index contributed by atoms with van der Waals surface area (Å²) in [5.74, 6) is -0.165. The summed E-state index contributed by atoms with van der Waals surface area (Å²) in [5.41, 5.74) is 7.07. The quantitative estimate of drug-likeness (QED) is 0.887. The van der Waals surface area contributed by atoms with Gasteiger partial charge in [-0.3, -0.25) is 4.79 Å². The van der Waals surface area contributed by atoms with E-state index in [-0.39, 0.29) is 44.5 Å². The molecule has 0 saturated carbocycles. The molecule has 1 heterocycles. The number of primary amides is 1. The molecule has 2 aromatic carbocycles. The van der Waals surface area contributed by atoms with E-state index in [4.69, 9.17) is 5.73 Å². The summed E-state index contributed by atoms with van der Waals surface area (Å²) in [4.78, 5) is 12.6. The summed E-state index contributed by atoms with van der Waals surface area (Å²) in [6.07, 6.45) is 0.896. The molecular formula is C18H19N2OY-. The van der Waals surface area contributed by atoms with Crippen LogP contribution in [0.1, 0.15) is 17.5 Å². The molecule has 2 N–H and O–H groups in total. The maximum atomic E-state index is 12.6. The van der Waals surface area contributed by atoms with E-state index in [0.29, 0.717) is 6.54 Å². The first kappa shape index (κ1) is 17.3. The van der Waals surface area contributed by atoms with Gasteiger partial charge in [0, 0.05) is 32.7 Å². The van der Waals surface area contributed by atoms with Crippen LogP contribution in [0.4, 0.5) is 0 Å². The topological polar surface area (TPSA) is 57.2 Å². The van der Waals surface area contributed by atoms with Gasteiger partial charge in [0.2, 0.25) is 5.91 Å². The third-order valence-electron chi connectivity index (χ3n) is 4.44. The van der Waals surface area contributed by atoms with Gasteiger partial charge < -0.3 is 11.1 Å². The van der Waals surface area contributed by atoms with Crippen molar-refractivity contribution in [3.63, 3.8) is 0 Å². The van der Waals surface area contributed by atoms with Crippen LogP contribution in [0.5, 0.6) is 0 Å². The van der Waals surface area contributed by atoms with Crippen LogP contribution in [-0.2, 0) is 42.9 Å². The van der Waals surface area contributed by atoms with Crippen molar-refractivity contribution >= 4 is 5.91 Å². The summed E-state index contributed by atoms with van der Waals surface area (Å²) >= 11 is 0. The molecule has 2 aromatic rings. The number of hydrogen-bond acceptors (Lipinski definition) is 1. The Hall–Kier alpha value is -1.03. The summed E-state index contributed by atoms with van der Waals surface area (Å²) in [7, 11) is 0. The molecule has 3 nitrogen and oxygen atoms in total. The fraction of sp³-hybridized carbons (Fsp3) is 0.278. The van der Waals surface area contributed by atoms with Crippen LogP contribution in [0.15, 0.2) is 60.7 Å². The van der Waals surface area contributed by atoms with Crippen molar-refractivity contribution in [3.8, 4) is 0 Å². The number of hydrogen-bond donors (Lipinski definition) is 1. The summed E-state index contributed by atoms with van der Waals surface area (Å²) < 4.78 is 0. The van der Waals surface area contributed by atoms with Gasteiger partial charge in [0.25, 0.3) is 0 Å². The van der Waals surface area contributed by atoms with Gasteiger partial charge in [-0.2, -0.15) is 0 Å². The fourth-order valence-electron chi connectivity index (χ4n) is 3.46. The van der Waals surface area contributed by atoms with Crippen molar-refractivity contribution < 1.29 is 37.5 Å². The maximum absolute atomic E-state index is 12.6. The zero-order valence-electron chi connectivity index (χ0n) is 12.5. The Labute approximate surface area is 156 Å². The molecule has 1 atom stereocenters. The van der Waals surface area contributed by atoms with Gasteiger partial charge >= 0.3 is 0 Å². The predicted molar refractivity (Wildman–Crippen MR) is 84.1 cm³/mol. The van der Waals surface area contributed by atoms with E-state index in [1.165, 1.54) is 0 Å². The predicted octanol–water partition coefficient (Wildman–Crippen LogP) is 2.85. The minimum absolute atomic E-state index is 0. The van der Waals surface area contributed by atoms with Crippen molar-refractivity contribution in [1.82, 2.24) is 0 Å². The van der Waals surface area contributed by atoms with Crippen LogP contribution in [0.25, 0.3) is 5.32 Å². The van der Waals surface area contributed by atoms with Crippen LogP contribution in [0, 0.1) is 5.92 Å². The molecule has 0 spiro atoms. The van der Waals surface area contributed by atoms with Crippen LogP contribution in [0.3, 0.4) is 0 Å². The molecule has 1 radical (unpaired) electrons. The number of amides is 1. The Kier molecular flexibility index (Phi) is 5.90. The standard InChI is InChI=1S/C18H19N2O.Y/c19-17(21)18(16-11-12-20-13-16,14-7-3-1-4-8-14)15-9-5-2-6-10-15;/h1-10,16H,11-13H2,(H2,19,21);/q-1;/t16-;/m1./s1. The van der Waals surface area contributed by atoms with E-state index >= 15 is 0 Å². The normalized spacial score (nSPS) is 17.7. The van der Waals surface area contributed by atoms with Gasteiger partial charge in [0.15, 0.2) is 0 Å². The molecule has 1 aliphatic rings. The molecule has 22 heavy (non-hydrogen) atoms. The van der Waals surface area contributed by atoms with Crippen LogP contribution >= 0.6 is 0 Å². The Morgan fingerprint density at radius 2 is 1.50 bits per heavy atom. The average molecular weight is 368 g/mol. The first-order chi connectivity index (χ1) is 10.3. The second-order valence-electron chi connectivity index (χ2n) is 5.52. The monoisotopic (exact) mass is 368 g/mol. The molecular weight excluding hydrogens is 349 g/mol. The Morgan fingerprint density at radius 1 is 1.00 bits per heavy atom. The van der Waals surface area contributed by atoms with Gasteiger partial charge in [0.05, 0.1) is 5.41 Å². The first-order valence-corrected chi connectivity index (χ1v) is 7.30. The molecule has 1 amide bonds. The van der Waals surface area contributed by atoms with Gasteiger partial charge in [-0.1, -0.05) is 67.1 Å². The number of rotatable bonds is 4. The Morgan fingerprint density at radius 3 is 1.86 bits per heavy atom. The molecule has 0 aromatic heterocycles. The molecule has 1 fully saturated rings. The number of benzene rings is 2. The van der Waals surface area contributed by atoms with E-state index in [0.717, 1.165) is 24.1 Å². The average Bonchev–Trinajstić information content (AvgIpc) is 3.04. The smallest absolute Gasteiger partial charge is 0.232 e. The zero-order valence-corrected chi connectivity index (χ0v) is 15.3. The Bertz CT molecular complexity index is 570. The fourth-order valence-corrected chi connectivity index (χ4v) is 3.46. The van der Waals surface area contributed by atoms with Crippen LogP contribution in [-0.4, -0.2) is 19.0 Å². The third-order valence-corrected chi connectivity index (χ3v) is 4.44. The van der Waals surface area contributed by atoms with Gasteiger partial charge in [-0.25, -0.2) is 0 Å². The maximum Gasteiger partial charge on any atom is 0.232 e. The van der Waals surface area contributed by atoms with E-state index < -0.39 is 5.41 Å². The molecule has 3 rings (SSSR count). The number of nitrogens with two attached hydrogens (primary N) is 1.